The molecule has 0 saturated carbocycles. The number of nitrogens with one attached hydrogen (secondary N) is 1. The molecule has 1 aromatic carbocycles. The van der Waals surface area contributed by atoms with Gasteiger partial charge >= 0.3 is 0 Å². The maximum Gasteiger partial charge on any atom is 0.269 e. The van der Waals surface area contributed by atoms with E-state index >= 15 is 0 Å². The molecular weight excluding hydrogens is 381 g/mol. The number of nitrogens with two attached hydrogens (primary N) is 1. The van der Waals surface area contributed by atoms with Gasteiger partial charge in [-0.1, -0.05) is 0 Å². The summed E-state index contributed by atoms with van der Waals surface area (Å²) in [5.74, 6) is -0.211. The van der Waals surface area contributed by atoms with Gasteiger partial charge in [0.2, 0.25) is 0 Å². The number of imidazole rings is 1. The first-order valence-electron chi connectivity index (χ1n) is 7.08. The molecular formula is C15H11BrFN5O2. The number of primary amides is 1. The molecule has 0 aliphatic carbocycles. The van der Waals surface area contributed by atoms with Crippen LogP contribution in [0.1, 0.15) is 10.5 Å². The SMILES string of the molecule is NC(=O)c1nc2n(c1-c1cn[nH]c1)CCOc1cc(F)c(Br)cc1-2. The Morgan fingerprint density at radius 1 is 1.46 bits per heavy atom. The van der Waals surface area contributed by atoms with Crippen LogP contribution in [0.2, 0.25) is 0 Å². The number of aromatic nitrogens is 4. The minimum Gasteiger partial charge on any atom is -0.491 e. The standard InChI is InChI=1S/C15H11BrFN5O2/c16-9-3-8-11(4-10(9)17)24-2-1-22-13(7-5-19-20-6-7)12(14(18)23)21-15(8)22/h3-6H,1-2H2,(H2,18,23)(H,19,20). The first kappa shape index (κ1) is 14.9. The Morgan fingerprint density at radius 2 is 2.29 bits per heavy atom. The number of rotatable bonds is 2. The van der Waals surface area contributed by atoms with Crippen molar-refractivity contribution in [3.05, 3.63) is 40.5 Å². The van der Waals surface area contributed by atoms with E-state index in [1.165, 1.54) is 6.07 Å². The van der Waals surface area contributed by atoms with Gasteiger partial charge in [-0.05, 0) is 22.0 Å². The molecule has 0 atom stereocenters. The fourth-order valence-corrected chi connectivity index (χ4v) is 3.13. The molecule has 1 aliphatic heterocycles. The fourth-order valence-electron chi connectivity index (χ4n) is 2.79. The van der Waals surface area contributed by atoms with Crippen molar-refractivity contribution in [2.45, 2.75) is 6.54 Å². The van der Waals surface area contributed by atoms with Crippen LogP contribution < -0.4 is 10.5 Å². The first-order chi connectivity index (χ1) is 11.6. The molecule has 1 aliphatic rings. The Labute approximate surface area is 143 Å². The van der Waals surface area contributed by atoms with Crippen molar-refractivity contribution in [3.63, 3.8) is 0 Å². The third-order valence-electron chi connectivity index (χ3n) is 3.81. The Balaban J connectivity index is 2.03. The van der Waals surface area contributed by atoms with Gasteiger partial charge in [-0.15, -0.1) is 0 Å². The average molecular weight is 392 g/mol. The maximum atomic E-state index is 13.8. The number of ether oxygens (including phenoxy) is 1. The number of nitrogens with zero attached hydrogens (tertiary/aromatic N) is 3. The van der Waals surface area contributed by atoms with Gasteiger partial charge in [0.05, 0.1) is 28.5 Å². The molecule has 0 unspecified atom stereocenters. The summed E-state index contributed by atoms with van der Waals surface area (Å²) >= 11 is 3.17. The number of halogens is 2. The summed E-state index contributed by atoms with van der Waals surface area (Å²) in [6, 6.07) is 2.88. The Kier molecular flexibility index (Phi) is 3.38. The second kappa shape index (κ2) is 5.45. The van der Waals surface area contributed by atoms with Crippen LogP contribution >= 0.6 is 15.9 Å². The second-order valence-corrected chi connectivity index (χ2v) is 6.10. The molecule has 0 radical (unpaired) electrons. The van der Waals surface area contributed by atoms with Gasteiger partial charge < -0.3 is 15.0 Å². The quantitative estimate of drug-likeness (QED) is 0.700. The highest BCUT2D eigenvalue weighted by Crippen LogP contribution is 2.38. The summed E-state index contributed by atoms with van der Waals surface area (Å²) in [5.41, 5.74) is 7.47. The van der Waals surface area contributed by atoms with Crippen LogP contribution in [0.25, 0.3) is 22.6 Å². The van der Waals surface area contributed by atoms with E-state index in [0.29, 0.717) is 41.5 Å². The average Bonchev–Trinajstić information content (AvgIpc) is 3.14. The number of hydrogen-bond donors (Lipinski definition) is 2. The summed E-state index contributed by atoms with van der Waals surface area (Å²) in [4.78, 5) is 16.3. The molecule has 3 N–H and O–H groups in total. The summed E-state index contributed by atoms with van der Waals surface area (Å²) in [7, 11) is 0. The van der Waals surface area contributed by atoms with Crippen molar-refractivity contribution in [2.75, 3.05) is 6.61 Å². The van der Waals surface area contributed by atoms with Crippen LogP contribution in [0.5, 0.6) is 5.75 Å². The highest BCUT2D eigenvalue weighted by molar-refractivity contribution is 9.10. The summed E-state index contributed by atoms with van der Waals surface area (Å²) in [5, 5.41) is 6.63. The third-order valence-corrected chi connectivity index (χ3v) is 4.42. The van der Waals surface area contributed by atoms with Crippen molar-refractivity contribution in [1.29, 1.82) is 0 Å². The molecule has 2 aromatic heterocycles. The van der Waals surface area contributed by atoms with Gasteiger partial charge in [0.25, 0.3) is 5.91 Å². The van der Waals surface area contributed by atoms with Crippen molar-refractivity contribution in [2.24, 2.45) is 5.73 Å². The summed E-state index contributed by atoms with van der Waals surface area (Å²) < 4.78 is 21.6. The molecule has 0 bridgehead atoms. The zero-order valence-electron chi connectivity index (χ0n) is 12.2. The number of hydrogen-bond acceptors (Lipinski definition) is 4. The predicted molar refractivity (Wildman–Crippen MR) is 86.9 cm³/mol. The number of amides is 1. The van der Waals surface area contributed by atoms with Crippen LogP contribution in [0.4, 0.5) is 4.39 Å². The Morgan fingerprint density at radius 3 is 3.00 bits per heavy atom. The number of aromatic amines is 1. The largest absolute Gasteiger partial charge is 0.491 e. The van der Waals surface area contributed by atoms with Crippen LogP contribution in [0.3, 0.4) is 0 Å². The summed E-state index contributed by atoms with van der Waals surface area (Å²) in [6.45, 7) is 0.741. The van der Waals surface area contributed by atoms with E-state index in [2.05, 4.69) is 31.1 Å². The second-order valence-electron chi connectivity index (χ2n) is 5.25. The molecule has 4 rings (SSSR count). The minimum atomic E-state index is -0.643. The van der Waals surface area contributed by atoms with Gasteiger partial charge in [-0.25, -0.2) is 9.37 Å². The molecule has 0 fully saturated rings. The zero-order chi connectivity index (χ0) is 16.8. The van der Waals surface area contributed by atoms with Crippen LogP contribution in [-0.2, 0) is 6.54 Å². The predicted octanol–water partition coefficient (Wildman–Crippen LogP) is 2.33. The number of carbonyl (C=O) groups excluding carboxylic acids is 1. The molecule has 3 aromatic rings. The topological polar surface area (TPSA) is 98.8 Å². The smallest absolute Gasteiger partial charge is 0.269 e. The van der Waals surface area contributed by atoms with Gasteiger partial charge in [-0.3, -0.25) is 9.89 Å². The van der Waals surface area contributed by atoms with Crippen molar-refractivity contribution >= 4 is 21.8 Å². The maximum absolute atomic E-state index is 13.8. The van der Waals surface area contributed by atoms with E-state index in [4.69, 9.17) is 10.5 Å². The van der Waals surface area contributed by atoms with Crippen molar-refractivity contribution in [1.82, 2.24) is 19.7 Å². The van der Waals surface area contributed by atoms with Crippen LogP contribution in [0.15, 0.2) is 29.0 Å². The Bertz CT molecular complexity index is 951. The lowest BCUT2D eigenvalue weighted by Crippen LogP contribution is -2.14. The molecule has 1 amide bonds. The number of H-pyrrole nitrogens is 1. The number of benzene rings is 1. The van der Waals surface area contributed by atoms with Crippen LogP contribution in [0, 0.1) is 5.82 Å². The molecule has 122 valence electrons. The normalized spacial score (nSPS) is 12.9. The first-order valence-corrected chi connectivity index (χ1v) is 7.87. The van der Waals surface area contributed by atoms with Gasteiger partial charge in [0, 0.05) is 17.8 Å². The van der Waals surface area contributed by atoms with Gasteiger partial charge in [0.15, 0.2) is 5.69 Å². The van der Waals surface area contributed by atoms with E-state index in [1.807, 2.05) is 4.57 Å². The van der Waals surface area contributed by atoms with Gasteiger partial charge in [0.1, 0.15) is 24.0 Å². The molecule has 9 heteroatoms. The molecule has 3 heterocycles. The molecule has 24 heavy (non-hydrogen) atoms. The number of carbonyl (C=O) groups is 1. The Hall–Kier alpha value is -2.68. The van der Waals surface area contributed by atoms with E-state index in [9.17, 15) is 9.18 Å². The van der Waals surface area contributed by atoms with Crippen molar-refractivity contribution < 1.29 is 13.9 Å². The lowest BCUT2D eigenvalue weighted by Gasteiger charge is -2.07. The van der Waals surface area contributed by atoms with E-state index in [0.717, 1.165) is 0 Å². The van der Waals surface area contributed by atoms with E-state index < -0.39 is 11.7 Å². The van der Waals surface area contributed by atoms with E-state index in [-0.39, 0.29) is 10.2 Å². The van der Waals surface area contributed by atoms with Crippen LogP contribution in [-0.4, -0.2) is 32.3 Å². The fraction of sp³-hybridized carbons (Fsp3) is 0.133. The molecule has 7 nitrogen and oxygen atoms in total. The lowest BCUT2D eigenvalue weighted by atomic mass is 10.2. The zero-order valence-corrected chi connectivity index (χ0v) is 13.8. The van der Waals surface area contributed by atoms with Crippen molar-refractivity contribution in [3.8, 4) is 28.4 Å². The monoisotopic (exact) mass is 391 g/mol. The highest BCUT2D eigenvalue weighted by Gasteiger charge is 2.27. The molecule has 0 saturated heterocycles. The highest BCUT2D eigenvalue weighted by atomic mass is 79.9. The van der Waals surface area contributed by atoms with Gasteiger partial charge in [-0.2, -0.15) is 5.10 Å². The summed E-state index contributed by atoms with van der Waals surface area (Å²) in [6.07, 6.45) is 3.24. The minimum absolute atomic E-state index is 0.139. The third kappa shape index (κ3) is 2.20. The lowest BCUT2D eigenvalue weighted by molar-refractivity contribution is 0.0996. The number of fused-ring (bicyclic) bond motifs is 3. The van der Waals surface area contributed by atoms with E-state index in [1.54, 1.807) is 18.5 Å². The molecule has 0 spiro atoms.